The van der Waals surface area contributed by atoms with E-state index in [1.165, 1.54) is 6.92 Å². The van der Waals surface area contributed by atoms with Crippen LogP contribution in [0.5, 0.6) is 0 Å². The van der Waals surface area contributed by atoms with Crippen LogP contribution < -0.4 is 0 Å². The Hall–Kier alpha value is -1.61. The fraction of sp³-hybridized carbons (Fsp3) is 0.583. The van der Waals surface area contributed by atoms with Crippen molar-refractivity contribution in [3.05, 3.63) is 12.2 Å². The Morgan fingerprint density at radius 3 is 1.80 bits per heavy atom. The number of allylic oxidation sites excluding steroid dienone is 1. The van der Waals surface area contributed by atoms with Gasteiger partial charge < -0.3 is 0 Å². The van der Waals surface area contributed by atoms with Crippen LogP contribution >= 0.6 is 0 Å². The monoisotopic (exact) mass is 204 g/mol. The standard InChI is InChI=1S/C12H16N2O/c1-10(2)12(11(3)15,6-4-8-13)7-5-9-14/h1,4-7H2,2-3H3. The van der Waals surface area contributed by atoms with E-state index >= 15 is 0 Å². The van der Waals surface area contributed by atoms with Crippen molar-refractivity contribution in [2.75, 3.05) is 0 Å². The highest BCUT2D eigenvalue weighted by Gasteiger charge is 2.35. The third-order valence-electron chi connectivity index (χ3n) is 2.82. The van der Waals surface area contributed by atoms with E-state index in [1.54, 1.807) is 6.92 Å². The van der Waals surface area contributed by atoms with Gasteiger partial charge in [-0.25, -0.2) is 0 Å². The van der Waals surface area contributed by atoms with Gasteiger partial charge in [-0.05, 0) is 26.7 Å². The van der Waals surface area contributed by atoms with Gasteiger partial charge in [-0.2, -0.15) is 10.5 Å². The molecule has 0 saturated carbocycles. The molecule has 0 saturated heterocycles. The van der Waals surface area contributed by atoms with E-state index in [0.29, 0.717) is 25.7 Å². The Balaban J connectivity index is 4.93. The molecule has 0 aliphatic heterocycles. The summed E-state index contributed by atoms with van der Waals surface area (Å²) in [5, 5.41) is 17.1. The Morgan fingerprint density at radius 2 is 1.60 bits per heavy atom. The first-order chi connectivity index (χ1) is 7.01. The molecular weight excluding hydrogens is 188 g/mol. The topological polar surface area (TPSA) is 64.7 Å². The highest BCUT2D eigenvalue weighted by molar-refractivity contribution is 5.85. The van der Waals surface area contributed by atoms with E-state index in [9.17, 15) is 4.79 Å². The lowest BCUT2D eigenvalue weighted by molar-refractivity contribution is -0.125. The highest BCUT2D eigenvalue weighted by Crippen LogP contribution is 2.37. The molecular formula is C12H16N2O. The molecule has 0 aliphatic rings. The van der Waals surface area contributed by atoms with E-state index in [4.69, 9.17) is 10.5 Å². The largest absolute Gasteiger partial charge is 0.299 e. The molecule has 0 spiro atoms. The Bertz CT molecular complexity index is 297. The molecule has 0 aromatic rings. The third kappa shape index (κ3) is 3.22. The fourth-order valence-corrected chi connectivity index (χ4v) is 1.74. The molecule has 0 bridgehead atoms. The van der Waals surface area contributed by atoms with Crippen molar-refractivity contribution in [1.29, 1.82) is 10.5 Å². The quantitative estimate of drug-likeness (QED) is 0.625. The van der Waals surface area contributed by atoms with Crippen LogP contribution in [0.2, 0.25) is 0 Å². The zero-order valence-corrected chi connectivity index (χ0v) is 9.34. The van der Waals surface area contributed by atoms with Gasteiger partial charge in [0, 0.05) is 12.8 Å². The molecule has 0 rings (SSSR count). The number of nitriles is 2. The maximum Gasteiger partial charge on any atom is 0.140 e. The lowest BCUT2D eigenvalue weighted by atomic mass is 9.71. The smallest absolute Gasteiger partial charge is 0.140 e. The summed E-state index contributed by atoms with van der Waals surface area (Å²) in [4.78, 5) is 11.6. The van der Waals surface area contributed by atoms with E-state index in [1.807, 2.05) is 12.1 Å². The summed E-state index contributed by atoms with van der Waals surface area (Å²) in [6, 6.07) is 4.07. The van der Waals surface area contributed by atoms with Crippen molar-refractivity contribution in [3.63, 3.8) is 0 Å². The highest BCUT2D eigenvalue weighted by atomic mass is 16.1. The van der Waals surface area contributed by atoms with Gasteiger partial charge in [0.05, 0.1) is 17.6 Å². The number of ketones is 1. The van der Waals surface area contributed by atoms with Crippen molar-refractivity contribution < 1.29 is 4.79 Å². The van der Waals surface area contributed by atoms with Crippen molar-refractivity contribution in [2.24, 2.45) is 5.41 Å². The molecule has 0 N–H and O–H groups in total. The molecule has 0 unspecified atom stereocenters. The first-order valence-electron chi connectivity index (χ1n) is 4.92. The molecule has 0 amide bonds. The molecule has 80 valence electrons. The Labute approximate surface area is 91.0 Å². The SMILES string of the molecule is C=C(C)C(CCC#N)(CCC#N)C(C)=O. The van der Waals surface area contributed by atoms with E-state index in [0.717, 1.165) is 5.57 Å². The zero-order chi connectivity index (χ0) is 11.9. The number of rotatable bonds is 6. The van der Waals surface area contributed by atoms with Crippen molar-refractivity contribution >= 4 is 5.78 Å². The summed E-state index contributed by atoms with van der Waals surface area (Å²) in [5.74, 6) is 0.000463. The molecule has 0 radical (unpaired) electrons. The van der Waals surface area contributed by atoms with Crippen LogP contribution in [0.25, 0.3) is 0 Å². The van der Waals surface area contributed by atoms with Crippen molar-refractivity contribution in [2.45, 2.75) is 39.5 Å². The molecule has 0 aliphatic carbocycles. The molecule has 0 fully saturated rings. The summed E-state index contributed by atoms with van der Waals surface area (Å²) in [6.07, 6.45) is 1.57. The molecule has 0 aromatic heterocycles. The van der Waals surface area contributed by atoms with Gasteiger partial charge in [0.15, 0.2) is 0 Å². The Morgan fingerprint density at radius 1 is 1.20 bits per heavy atom. The normalized spacial score (nSPS) is 10.1. The maximum absolute atomic E-state index is 11.6. The van der Waals surface area contributed by atoms with Gasteiger partial charge >= 0.3 is 0 Å². The molecule has 0 atom stereocenters. The fourth-order valence-electron chi connectivity index (χ4n) is 1.74. The minimum atomic E-state index is -0.675. The van der Waals surface area contributed by atoms with Gasteiger partial charge in [-0.1, -0.05) is 12.2 Å². The maximum atomic E-state index is 11.6. The minimum Gasteiger partial charge on any atom is -0.299 e. The number of Topliss-reactive ketones (excluding diaryl/α,β-unsaturated/α-hetero) is 1. The van der Waals surface area contributed by atoms with Gasteiger partial charge in [0.1, 0.15) is 5.78 Å². The average Bonchev–Trinajstić information content (AvgIpc) is 2.17. The van der Waals surface area contributed by atoms with Gasteiger partial charge in [0.2, 0.25) is 0 Å². The summed E-state index contributed by atoms with van der Waals surface area (Å²) in [5.41, 5.74) is 0.0753. The number of nitrogens with zero attached hydrogens (tertiary/aromatic N) is 2. The van der Waals surface area contributed by atoms with Crippen molar-refractivity contribution in [3.8, 4) is 12.1 Å². The predicted octanol–water partition coefficient (Wildman–Crippen LogP) is 2.75. The van der Waals surface area contributed by atoms with Gasteiger partial charge in [0.25, 0.3) is 0 Å². The van der Waals surface area contributed by atoms with E-state index in [2.05, 4.69) is 6.58 Å². The second-order valence-electron chi connectivity index (χ2n) is 3.73. The summed E-state index contributed by atoms with van der Waals surface area (Å²) >= 11 is 0. The summed E-state index contributed by atoms with van der Waals surface area (Å²) in [6.45, 7) is 7.11. The first-order valence-corrected chi connectivity index (χ1v) is 4.92. The van der Waals surface area contributed by atoms with Gasteiger partial charge in [-0.15, -0.1) is 0 Å². The minimum absolute atomic E-state index is 0.000463. The van der Waals surface area contributed by atoms with Crippen molar-refractivity contribution in [1.82, 2.24) is 0 Å². The van der Waals surface area contributed by atoms with Gasteiger partial charge in [-0.3, -0.25) is 4.79 Å². The van der Waals surface area contributed by atoms with Crippen LogP contribution in [-0.4, -0.2) is 5.78 Å². The van der Waals surface area contributed by atoms with Crippen LogP contribution in [0.1, 0.15) is 39.5 Å². The third-order valence-corrected chi connectivity index (χ3v) is 2.82. The average molecular weight is 204 g/mol. The Kier molecular flexibility index (Phi) is 5.34. The zero-order valence-electron chi connectivity index (χ0n) is 9.34. The molecule has 15 heavy (non-hydrogen) atoms. The predicted molar refractivity (Wildman–Crippen MR) is 57.6 cm³/mol. The van der Waals surface area contributed by atoms with Crippen LogP contribution in [0.15, 0.2) is 12.2 Å². The van der Waals surface area contributed by atoms with E-state index in [-0.39, 0.29) is 5.78 Å². The van der Waals surface area contributed by atoms with Crippen LogP contribution in [-0.2, 0) is 4.79 Å². The number of carbonyl (C=O) groups is 1. The molecule has 0 heterocycles. The second-order valence-corrected chi connectivity index (χ2v) is 3.73. The molecule has 3 heteroatoms. The number of carbonyl (C=O) groups excluding carboxylic acids is 1. The molecule has 0 aromatic carbocycles. The summed E-state index contributed by atoms with van der Waals surface area (Å²) < 4.78 is 0. The molecule has 3 nitrogen and oxygen atoms in total. The second kappa shape index (κ2) is 5.98. The van der Waals surface area contributed by atoms with Crippen LogP contribution in [0, 0.1) is 28.1 Å². The van der Waals surface area contributed by atoms with E-state index < -0.39 is 5.41 Å². The van der Waals surface area contributed by atoms with Crippen LogP contribution in [0.3, 0.4) is 0 Å². The lowest BCUT2D eigenvalue weighted by Gasteiger charge is -2.30. The lowest BCUT2D eigenvalue weighted by Crippen LogP contribution is -2.30. The summed E-state index contributed by atoms with van der Waals surface area (Å²) in [7, 11) is 0. The first kappa shape index (κ1) is 13.4. The number of hydrogen-bond donors (Lipinski definition) is 0. The van der Waals surface area contributed by atoms with Crippen LogP contribution in [0.4, 0.5) is 0 Å². The number of hydrogen-bond acceptors (Lipinski definition) is 3.